The standard InChI is InChI=1S/C23H23N3O3/c1-15(2)18-5-3-4-6-19(18)26-23(27)20-13-17(9-10-24-20)25-16-7-8-21-22(14-16)29-12-11-28-21/h3-10,13-15H,11-12H2,1-2H3,(H,24,25)(H,26,27). The number of nitrogens with one attached hydrogen (secondary N) is 2. The molecule has 0 saturated carbocycles. The maximum absolute atomic E-state index is 12.7. The van der Waals surface area contributed by atoms with E-state index in [1.165, 1.54) is 0 Å². The molecule has 3 aromatic rings. The first-order chi connectivity index (χ1) is 14.1. The Labute approximate surface area is 169 Å². The monoisotopic (exact) mass is 389 g/mol. The Hall–Kier alpha value is -3.54. The van der Waals surface area contributed by atoms with Crippen molar-refractivity contribution in [1.29, 1.82) is 0 Å². The highest BCUT2D eigenvalue weighted by Gasteiger charge is 2.14. The van der Waals surface area contributed by atoms with Gasteiger partial charge in [-0.15, -0.1) is 0 Å². The molecule has 29 heavy (non-hydrogen) atoms. The van der Waals surface area contributed by atoms with Gasteiger partial charge in [0.2, 0.25) is 0 Å². The second-order valence-corrected chi connectivity index (χ2v) is 7.11. The average molecular weight is 389 g/mol. The van der Waals surface area contributed by atoms with Gasteiger partial charge in [-0.25, -0.2) is 0 Å². The fourth-order valence-electron chi connectivity index (χ4n) is 3.22. The number of hydrogen-bond acceptors (Lipinski definition) is 5. The number of carbonyl (C=O) groups is 1. The van der Waals surface area contributed by atoms with Crippen LogP contribution in [0.15, 0.2) is 60.8 Å². The van der Waals surface area contributed by atoms with Gasteiger partial charge in [0.15, 0.2) is 11.5 Å². The van der Waals surface area contributed by atoms with Crippen LogP contribution in [0.4, 0.5) is 17.1 Å². The van der Waals surface area contributed by atoms with Gasteiger partial charge in [-0.1, -0.05) is 32.0 Å². The van der Waals surface area contributed by atoms with Crippen molar-refractivity contribution < 1.29 is 14.3 Å². The summed E-state index contributed by atoms with van der Waals surface area (Å²) in [5.74, 6) is 1.51. The minimum absolute atomic E-state index is 0.246. The van der Waals surface area contributed by atoms with Crippen LogP contribution in [0.3, 0.4) is 0 Å². The van der Waals surface area contributed by atoms with Gasteiger partial charge in [-0.05, 0) is 41.8 Å². The molecule has 0 saturated heterocycles. The Bertz CT molecular complexity index is 1030. The predicted molar refractivity (Wildman–Crippen MR) is 113 cm³/mol. The van der Waals surface area contributed by atoms with Crippen LogP contribution in [0.5, 0.6) is 11.5 Å². The Morgan fingerprint density at radius 3 is 2.55 bits per heavy atom. The molecule has 2 N–H and O–H groups in total. The number of para-hydroxylation sites is 1. The third kappa shape index (κ3) is 4.32. The fraction of sp³-hybridized carbons (Fsp3) is 0.217. The number of nitrogens with zero attached hydrogens (tertiary/aromatic N) is 1. The van der Waals surface area contributed by atoms with E-state index in [2.05, 4.69) is 29.5 Å². The van der Waals surface area contributed by atoms with Crippen LogP contribution >= 0.6 is 0 Å². The van der Waals surface area contributed by atoms with Crippen molar-refractivity contribution in [2.24, 2.45) is 0 Å². The highest BCUT2D eigenvalue weighted by molar-refractivity contribution is 6.03. The molecule has 0 radical (unpaired) electrons. The van der Waals surface area contributed by atoms with E-state index in [1.807, 2.05) is 48.5 Å². The van der Waals surface area contributed by atoms with E-state index in [4.69, 9.17) is 9.47 Å². The smallest absolute Gasteiger partial charge is 0.274 e. The van der Waals surface area contributed by atoms with Crippen molar-refractivity contribution >= 4 is 23.0 Å². The summed E-state index contributed by atoms with van der Waals surface area (Å²) in [7, 11) is 0. The highest BCUT2D eigenvalue weighted by atomic mass is 16.6. The predicted octanol–water partition coefficient (Wildman–Crippen LogP) is 4.97. The molecule has 1 aromatic heterocycles. The average Bonchev–Trinajstić information content (AvgIpc) is 2.74. The van der Waals surface area contributed by atoms with E-state index in [0.717, 1.165) is 28.4 Å². The van der Waals surface area contributed by atoms with E-state index >= 15 is 0 Å². The molecule has 2 heterocycles. The van der Waals surface area contributed by atoms with E-state index < -0.39 is 0 Å². The lowest BCUT2D eigenvalue weighted by atomic mass is 10.0. The molecule has 6 nitrogen and oxygen atoms in total. The normalized spacial score (nSPS) is 12.5. The molecule has 1 amide bonds. The fourth-order valence-corrected chi connectivity index (χ4v) is 3.22. The lowest BCUT2D eigenvalue weighted by Crippen LogP contribution is -2.15. The number of benzene rings is 2. The Balaban J connectivity index is 1.51. The van der Waals surface area contributed by atoms with Gasteiger partial charge in [-0.2, -0.15) is 0 Å². The molecule has 0 bridgehead atoms. The summed E-state index contributed by atoms with van der Waals surface area (Å²) in [6.07, 6.45) is 1.61. The van der Waals surface area contributed by atoms with Crippen LogP contribution in [0.2, 0.25) is 0 Å². The van der Waals surface area contributed by atoms with E-state index in [-0.39, 0.29) is 5.91 Å². The van der Waals surface area contributed by atoms with Gasteiger partial charge < -0.3 is 20.1 Å². The Kier molecular flexibility index (Phi) is 5.33. The molecule has 4 rings (SSSR count). The molecule has 1 aliphatic rings. The minimum Gasteiger partial charge on any atom is -0.486 e. The highest BCUT2D eigenvalue weighted by Crippen LogP contribution is 2.33. The Morgan fingerprint density at radius 1 is 0.966 bits per heavy atom. The lowest BCUT2D eigenvalue weighted by molar-refractivity contribution is 0.102. The zero-order chi connectivity index (χ0) is 20.2. The second kappa shape index (κ2) is 8.22. The van der Waals surface area contributed by atoms with Crippen molar-refractivity contribution in [3.05, 3.63) is 72.1 Å². The van der Waals surface area contributed by atoms with Gasteiger partial charge in [0, 0.05) is 29.3 Å². The van der Waals surface area contributed by atoms with Crippen LogP contribution in [-0.2, 0) is 0 Å². The van der Waals surface area contributed by atoms with Crippen LogP contribution < -0.4 is 20.1 Å². The van der Waals surface area contributed by atoms with Crippen molar-refractivity contribution in [1.82, 2.24) is 4.98 Å². The second-order valence-electron chi connectivity index (χ2n) is 7.11. The lowest BCUT2D eigenvalue weighted by Gasteiger charge is -2.19. The van der Waals surface area contributed by atoms with Crippen LogP contribution in [0.1, 0.15) is 35.8 Å². The number of pyridine rings is 1. The maximum Gasteiger partial charge on any atom is 0.274 e. The SMILES string of the molecule is CC(C)c1ccccc1NC(=O)c1cc(Nc2ccc3c(c2)OCCO3)ccn1. The summed E-state index contributed by atoms with van der Waals surface area (Å²) >= 11 is 0. The van der Waals surface area contributed by atoms with Gasteiger partial charge in [-0.3, -0.25) is 9.78 Å². The van der Waals surface area contributed by atoms with Gasteiger partial charge in [0.25, 0.3) is 5.91 Å². The number of fused-ring (bicyclic) bond motifs is 1. The van der Waals surface area contributed by atoms with E-state index in [1.54, 1.807) is 12.3 Å². The summed E-state index contributed by atoms with van der Waals surface area (Å²) in [5, 5.41) is 6.26. The molecule has 0 spiro atoms. The molecule has 0 unspecified atom stereocenters. The quantitative estimate of drug-likeness (QED) is 0.644. The van der Waals surface area contributed by atoms with Crippen molar-refractivity contribution in [2.75, 3.05) is 23.8 Å². The first kappa shape index (κ1) is 18.8. The summed E-state index contributed by atoms with van der Waals surface area (Å²) < 4.78 is 11.2. The van der Waals surface area contributed by atoms with Gasteiger partial charge in [0.1, 0.15) is 18.9 Å². The van der Waals surface area contributed by atoms with Crippen molar-refractivity contribution in [2.45, 2.75) is 19.8 Å². The molecule has 0 aliphatic carbocycles. The zero-order valence-electron chi connectivity index (χ0n) is 16.4. The number of carbonyl (C=O) groups excluding carboxylic acids is 1. The van der Waals surface area contributed by atoms with E-state index in [9.17, 15) is 4.79 Å². The topological polar surface area (TPSA) is 72.5 Å². The number of hydrogen-bond donors (Lipinski definition) is 2. The van der Waals surface area contributed by atoms with Crippen LogP contribution in [-0.4, -0.2) is 24.1 Å². The zero-order valence-corrected chi connectivity index (χ0v) is 16.4. The molecule has 0 atom stereocenters. The van der Waals surface area contributed by atoms with Crippen molar-refractivity contribution in [3.63, 3.8) is 0 Å². The third-order valence-electron chi connectivity index (χ3n) is 4.65. The number of ether oxygens (including phenoxy) is 2. The molecule has 6 heteroatoms. The van der Waals surface area contributed by atoms with Crippen LogP contribution in [0, 0.1) is 0 Å². The van der Waals surface area contributed by atoms with Gasteiger partial charge >= 0.3 is 0 Å². The number of rotatable bonds is 5. The van der Waals surface area contributed by atoms with Gasteiger partial charge in [0.05, 0.1) is 0 Å². The molecule has 0 fully saturated rings. The first-order valence-corrected chi connectivity index (χ1v) is 9.63. The summed E-state index contributed by atoms with van der Waals surface area (Å²) in [5.41, 5.74) is 3.84. The summed E-state index contributed by atoms with van der Waals surface area (Å²) in [6.45, 7) is 5.29. The maximum atomic E-state index is 12.7. The molecular weight excluding hydrogens is 366 g/mol. The number of anilines is 3. The largest absolute Gasteiger partial charge is 0.486 e. The summed E-state index contributed by atoms with van der Waals surface area (Å²) in [6, 6.07) is 17.0. The van der Waals surface area contributed by atoms with Crippen molar-refractivity contribution in [3.8, 4) is 11.5 Å². The van der Waals surface area contributed by atoms with Crippen LogP contribution in [0.25, 0.3) is 0 Å². The number of aromatic nitrogens is 1. The molecular formula is C23H23N3O3. The molecule has 2 aromatic carbocycles. The Morgan fingerprint density at radius 2 is 1.72 bits per heavy atom. The molecule has 148 valence electrons. The minimum atomic E-state index is -0.246. The number of amides is 1. The molecule has 1 aliphatic heterocycles. The summed E-state index contributed by atoms with van der Waals surface area (Å²) in [4.78, 5) is 17.0. The third-order valence-corrected chi connectivity index (χ3v) is 4.65. The first-order valence-electron chi connectivity index (χ1n) is 9.63. The van der Waals surface area contributed by atoms with E-state index in [0.29, 0.717) is 30.6 Å².